The number of nitrogens with zero attached hydrogens (tertiary/aromatic N) is 4. The molecule has 128 valence electrons. The molecule has 0 amide bonds. The van der Waals surface area contributed by atoms with Gasteiger partial charge < -0.3 is 9.30 Å². The van der Waals surface area contributed by atoms with E-state index in [0.29, 0.717) is 5.02 Å². The summed E-state index contributed by atoms with van der Waals surface area (Å²) in [5.41, 5.74) is 3.76. The largest absolute Gasteiger partial charge is 0.497 e. The molecule has 0 bridgehead atoms. The highest BCUT2D eigenvalue weighted by atomic mass is 35.5. The van der Waals surface area contributed by atoms with Crippen molar-refractivity contribution in [2.75, 3.05) is 7.11 Å². The Hall–Kier alpha value is -2.01. The van der Waals surface area contributed by atoms with Crippen molar-refractivity contribution < 1.29 is 4.74 Å². The number of rotatable bonds is 6. The molecular weight excluding hydrogens is 324 g/mol. The number of aryl methyl sites for hydroxylation is 3. The highest BCUT2D eigenvalue weighted by Crippen LogP contribution is 2.29. The molecule has 3 aromatic rings. The molecule has 0 saturated carbocycles. The molecule has 0 aliphatic heterocycles. The normalized spacial score (nSPS) is 11.4. The average Bonchev–Trinajstić information content (AvgIpc) is 3.10. The fourth-order valence-electron chi connectivity index (χ4n) is 3.02. The number of hydrogen-bond donors (Lipinski definition) is 0. The zero-order valence-corrected chi connectivity index (χ0v) is 15.4. The van der Waals surface area contributed by atoms with Crippen molar-refractivity contribution >= 4 is 22.8 Å². The predicted molar refractivity (Wildman–Crippen MR) is 97.4 cm³/mol. The Kier molecular flexibility index (Phi) is 4.81. The van der Waals surface area contributed by atoms with Gasteiger partial charge in [-0.15, -0.1) is 0 Å². The van der Waals surface area contributed by atoms with Crippen LogP contribution in [0.3, 0.4) is 0 Å². The van der Waals surface area contributed by atoms with E-state index < -0.39 is 0 Å². The molecule has 0 N–H and O–H groups in total. The Morgan fingerprint density at radius 3 is 2.67 bits per heavy atom. The van der Waals surface area contributed by atoms with Crippen LogP contribution >= 0.6 is 11.6 Å². The van der Waals surface area contributed by atoms with Crippen LogP contribution in [0.2, 0.25) is 5.02 Å². The van der Waals surface area contributed by atoms with Crippen molar-refractivity contribution in [3.05, 3.63) is 34.7 Å². The third-order valence-corrected chi connectivity index (χ3v) is 4.56. The monoisotopic (exact) mass is 346 g/mol. The number of ether oxygens (including phenoxy) is 1. The molecule has 0 aliphatic rings. The van der Waals surface area contributed by atoms with Gasteiger partial charge >= 0.3 is 0 Å². The van der Waals surface area contributed by atoms with Crippen LogP contribution in [-0.4, -0.2) is 26.4 Å². The fraction of sp³-hybridized carbons (Fsp3) is 0.444. The zero-order chi connectivity index (χ0) is 17.3. The van der Waals surface area contributed by atoms with E-state index in [1.54, 1.807) is 13.2 Å². The minimum Gasteiger partial charge on any atom is -0.497 e. The quantitative estimate of drug-likeness (QED) is 0.657. The summed E-state index contributed by atoms with van der Waals surface area (Å²) >= 11 is 6.44. The number of imidazole rings is 1. The first-order valence-electron chi connectivity index (χ1n) is 8.39. The zero-order valence-electron chi connectivity index (χ0n) is 14.6. The van der Waals surface area contributed by atoms with Crippen molar-refractivity contribution in [1.82, 2.24) is 19.3 Å². The molecule has 0 atom stereocenters. The summed E-state index contributed by atoms with van der Waals surface area (Å²) in [6.07, 6.45) is 3.18. The molecule has 0 spiro atoms. The fourth-order valence-corrected chi connectivity index (χ4v) is 3.27. The standard InChI is InChI=1S/C18H23ClN4O/c1-5-7-10-22-16(6-2)20-18-17(22)12(3)21-23(18)15-9-8-13(24-4)11-14(15)19/h8-9,11H,5-7,10H2,1-4H3. The molecule has 3 rings (SSSR count). The highest BCUT2D eigenvalue weighted by Gasteiger charge is 2.19. The highest BCUT2D eigenvalue weighted by molar-refractivity contribution is 6.32. The number of halogens is 1. The number of hydrogen-bond acceptors (Lipinski definition) is 3. The Labute approximate surface area is 147 Å². The van der Waals surface area contributed by atoms with Crippen LogP contribution in [0.25, 0.3) is 16.9 Å². The predicted octanol–water partition coefficient (Wildman–Crippen LogP) is 4.55. The summed E-state index contributed by atoms with van der Waals surface area (Å²) < 4.78 is 9.37. The third-order valence-electron chi connectivity index (χ3n) is 4.26. The topological polar surface area (TPSA) is 44.9 Å². The molecule has 6 heteroatoms. The molecule has 0 radical (unpaired) electrons. The second-order valence-corrected chi connectivity index (χ2v) is 6.28. The summed E-state index contributed by atoms with van der Waals surface area (Å²) in [7, 11) is 1.63. The van der Waals surface area contributed by atoms with Crippen molar-refractivity contribution in [1.29, 1.82) is 0 Å². The van der Waals surface area contributed by atoms with Gasteiger partial charge in [-0.1, -0.05) is 31.9 Å². The van der Waals surface area contributed by atoms with Gasteiger partial charge in [-0.05, 0) is 25.5 Å². The van der Waals surface area contributed by atoms with E-state index in [4.69, 9.17) is 21.3 Å². The van der Waals surface area contributed by atoms with E-state index in [-0.39, 0.29) is 0 Å². The van der Waals surface area contributed by atoms with Gasteiger partial charge in [0.05, 0.1) is 23.5 Å². The minimum absolute atomic E-state index is 0.597. The van der Waals surface area contributed by atoms with Crippen LogP contribution in [0.4, 0.5) is 0 Å². The maximum Gasteiger partial charge on any atom is 0.181 e. The molecule has 0 saturated heterocycles. The van der Waals surface area contributed by atoms with Gasteiger partial charge in [0.2, 0.25) is 0 Å². The van der Waals surface area contributed by atoms with E-state index in [9.17, 15) is 0 Å². The van der Waals surface area contributed by atoms with Gasteiger partial charge in [0.1, 0.15) is 17.1 Å². The first kappa shape index (κ1) is 16.8. The summed E-state index contributed by atoms with van der Waals surface area (Å²) in [5, 5.41) is 5.29. The minimum atomic E-state index is 0.597. The van der Waals surface area contributed by atoms with Gasteiger partial charge in [-0.25, -0.2) is 9.67 Å². The summed E-state index contributed by atoms with van der Waals surface area (Å²) in [6, 6.07) is 5.61. The number of methoxy groups -OCH3 is 1. The molecule has 0 fully saturated rings. The first-order valence-corrected chi connectivity index (χ1v) is 8.77. The maximum absolute atomic E-state index is 6.44. The second kappa shape index (κ2) is 6.85. The van der Waals surface area contributed by atoms with Gasteiger partial charge in [0.25, 0.3) is 0 Å². The van der Waals surface area contributed by atoms with Gasteiger partial charge in [0, 0.05) is 19.0 Å². The summed E-state index contributed by atoms with van der Waals surface area (Å²) in [4.78, 5) is 4.84. The van der Waals surface area contributed by atoms with Crippen LogP contribution in [0.15, 0.2) is 18.2 Å². The number of unbranched alkanes of at least 4 members (excludes halogenated alkanes) is 1. The van der Waals surface area contributed by atoms with Crippen molar-refractivity contribution in [2.45, 2.75) is 46.6 Å². The average molecular weight is 347 g/mol. The van der Waals surface area contributed by atoms with Gasteiger partial charge in [-0.2, -0.15) is 5.10 Å². The lowest BCUT2D eigenvalue weighted by molar-refractivity contribution is 0.415. The maximum atomic E-state index is 6.44. The number of aromatic nitrogens is 4. The van der Waals surface area contributed by atoms with Crippen LogP contribution < -0.4 is 4.74 Å². The van der Waals surface area contributed by atoms with Crippen molar-refractivity contribution in [3.63, 3.8) is 0 Å². The molecule has 0 aliphatic carbocycles. The Bertz CT molecular complexity index is 866. The van der Waals surface area contributed by atoms with Gasteiger partial charge in [0.15, 0.2) is 5.65 Å². The van der Waals surface area contributed by atoms with Crippen LogP contribution in [0.1, 0.15) is 38.2 Å². The number of fused-ring (bicyclic) bond motifs is 1. The summed E-state index contributed by atoms with van der Waals surface area (Å²) in [6.45, 7) is 7.34. The van der Waals surface area contributed by atoms with Crippen LogP contribution in [-0.2, 0) is 13.0 Å². The third kappa shape index (κ3) is 2.77. The van der Waals surface area contributed by atoms with Crippen LogP contribution in [0.5, 0.6) is 5.75 Å². The summed E-state index contributed by atoms with van der Waals surface area (Å²) in [5.74, 6) is 1.82. The molecule has 5 nitrogen and oxygen atoms in total. The molecule has 1 aromatic carbocycles. The smallest absolute Gasteiger partial charge is 0.181 e. The molecule has 24 heavy (non-hydrogen) atoms. The van der Waals surface area contributed by atoms with E-state index in [0.717, 1.165) is 59.9 Å². The van der Waals surface area contributed by atoms with E-state index >= 15 is 0 Å². The van der Waals surface area contributed by atoms with E-state index in [1.165, 1.54) is 0 Å². The molecular formula is C18H23ClN4O. The Morgan fingerprint density at radius 2 is 2.04 bits per heavy atom. The van der Waals surface area contributed by atoms with Gasteiger partial charge in [-0.3, -0.25) is 0 Å². The Morgan fingerprint density at radius 1 is 1.25 bits per heavy atom. The SMILES string of the molecule is CCCCn1c(CC)nc2c1c(C)nn2-c1ccc(OC)cc1Cl. The molecule has 2 aromatic heterocycles. The Balaban J connectivity index is 2.18. The lowest BCUT2D eigenvalue weighted by Crippen LogP contribution is -2.04. The molecule has 0 unspecified atom stereocenters. The number of benzene rings is 1. The van der Waals surface area contributed by atoms with Crippen molar-refractivity contribution in [2.24, 2.45) is 0 Å². The first-order chi connectivity index (χ1) is 11.6. The lowest BCUT2D eigenvalue weighted by atomic mass is 10.3. The van der Waals surface area contributed by atoms with E-state index in [1.807, 2.05) is 23.7 Å². The van der Waals surface area contributed by atoms with Crippen LogP contribution in [0, 0.1) is 6.92 Å². The molecule has 2 heterocycles. The van der Waals surface area contributed by atoms with Crippen molar-refractivity contribution in [3.8, 4) is 11.4 Å². The second-order valence-electron chi connectivity index (χ2n) is 5.87. The lowest BCUT2D eigenvalue weighted by Gasteiger charge is -2.07. The van der Waals surface area contributed by atoms with E-state index in [2.05, 4.69) is 23.5 Å².